The first-order chi connectivity index (χ1) is 7.47. The van der Waals surface area contributed by atoms with Crippen molar-refractivity contribution < 1.29 is 19.5 Å². The molecule has 0 fully saturated rings. The molecule has 16 heavy (non-hydrogen) atoms. The highest BCUT2D eigenvalue weighted by molar-refractivity contribution is 5.83. The Morgan fingerprint density at radius 2 is 1.88 bits per heavy atom. The number of urea groups is 1. The van der Waals surface area contributed by atoms with Gasteiger partial charge < -0.3 is 21.1 Å². The number of hydrogen-bond acceptors (Lipinski definition) is 3. The third kappa shape index (κ3) is 6.63. The molecule has 0 rings (SSSR count). The number of amides is 3. The molecule has 7 heteroatoms. The average Bonchev–Trinajstić information content (AvgIpc) is 2.25. The van der Waals surface area contributed by atoms with Crippen molar-refractivity contribution in [2.45, 2.75) is 13.3 Å². The van der Waals surface area contributed by atoms with Crippen molar-refractivity contribution in [1.82, 2.24) is 16.0 Å². The Kier molecular flexibility index (Phi) is 6.66. The summed E-state index contributed by atoms with van der Waals surface area (Å²) in [5.74, 6) is -1.69. The molecule has 0 radical (unpaired) electrons. The monoisotopic (exact) mass is 231 g/mol. The second-order valence-electron chi connectivity index (χ2n) is 3.31. The molecule has 0 saturated carbocycles. The van der Waals surface area contributed by atoms with Gasteiger partial charge in [-0.25, -0.2) is 4.79 Å². The number of nitrogens with one attached hydrogen (secondary N) is 3. The van der Waals surface area contributed by atoms with Crippen molar-refractivity contribution >= 4 is 17.9 Å². The van der Waals surface area contributed by atoms with Crippen molar-refractivity contribution in [2.24, 2.45) is 5.92 Å². The molecule has 0 saturated heterocycles. The number of carboxylic acid groups (broad SMARTS) is 1. The van der Waals surface area contributed by atoms with E-state index in [9.17, 15) is 14.4 Å². The topological polar surface area (TPSA) is 108 Å². The summed E-state index contributed by atoms with van der Waals surface area (Å²) in [7, 11) is 1.47. The molecule has 3 amide bonds. The number of carbonyl (C=O) groups is 3. The molecule has 0 aliphatic heterocycles. The summed E-state index contributed by atoms with van der Waals surface area (Å²) in [5, 5.41) is 15.7. The summed E-state index contributed by atoms with van der Waals surface area (Å²) in [6.45, 7) is 1.72. The SMILES string of the molecule is CNC(=O)CNC(=O)NCCC(C)C(=O)O. The van der Waals surface area contributed by atoms with Crippen LogP contribution in [0.1, 0.15) is 13.3 Å². The van der Waals surface area contributed by atoms with Gasteiger partial charge in [-0.3, -0.25) is 9.59 Å². The summed E-state index contributed by atoms with van der Waals surface area (Å²) in [6.07, 6.45) is 0.350. The molecule has 4 N–H and O–H groups in total. The van der Waals surface area contributed by atoms with Crippen LogP contribution in [0.4, 0.5) is 4.79 Å². The third-order valence-corrected chi connectivity index (χ3v) is 1.97. The van der Waals surface area contributed by atoms with E-state index in [1.807, 2.05) is 0 Å². The minimum absolute atomic E-state index is 0.100. The molecule has 0 aromatic carbocycles. The number of likely N-dealkylation sites (N-methyl/N-ethyl adjacent to an activating group) is 1. The lowest BCUT2D eigenvalue weighted by molar-refractivity contribution is -0.141. The molecule has 0 heterocycles. The Labute approximate surface area is 93.6 Å². The van der Waals surface area contributed by atoms with E-state index in [1.165, 1.54) is 7.05 Å². The van der Waals surface area contributed by atoms with Gasteiger partial charge in [-0.05, 0) is 6.42 Å². The van der Waals surface area contributed by atoms with Gasteiger partial charge in [-0.1, -0.05) is 6.92 Å². The minimum atomic E-state index is -0.896. The number of rotatable bonds is 6. The Morgan fingerprint density at radius 3 is 2.38 bits per heavy atom. The van der Waals surface area contributed by atoms with Crippen LogP contribution in [0.2, 0.25) is 0 Å². The van der Waals surface area contributed by atoms with Crippen LogP contribution in [0, 0.1) is 5.92 Å². The van der Waals surface area contributed by atoms with E-state index < -0.39 is 17.9 Å². The fourth-order valence-corrected chi connectivity index (χ4v) is 0.837. The first-order valence-corrected chi connectivity index (χ1v) is 4.92. The van der Waals surface area contributed by atoms with Gasteiger partial charge >= 0.3 is 12.0 Å². The third-order valence-electron chi connectivity index (χ3n) is 1.97. The molecular weight excluding hydrogens is 214 g/mol. The van der Waals surface area contributed by atoms with Gasteiger partial charge in [-0.2, -0.15) is 0 Å². The van der Waals surface area contributed by atoms with E-state index in [-0.39, 0.29) is 19.0 Å². The normalized spacial score (nSPS) is 11.4. The molecule has 92 valence electrons. The fourth-order valence-electron chi connectivity index (χ4n) is 0.837. The summed E-state index contributed by atoms with van der Waals surface area (Å²) in [6, 6.07) is -0.485. The average molecular weight is 231 g/mol. The number of aliphatic carboxylic acids is 1. The van der Waals surface area contributed by atoms with Crippen LogP contribution in [0.5, 0.6) is 0 Å². The molecule has 0 aromatic heterocycles. The zero-order chi connectivity index (χ0) is 12.6. The molecule has 1 unspecified atom stereocenters. The highest BCUT2D eigenvalue weighted by Gasteiger charge is 2.10. The standard InChI is InChI=1S/C9H17N3O4/c1-6(8(14)15)3-4-11-9(16)12-5-7(13)10-2/h6H,3-5H2,1-2H3,(H,10,13)(H,14,15)(H2,11,12,16). The van der Waals surface area contributed by atoms with Crippen molar-refractivity contribution in [3.63, 3.8) is 0 Å². The van der Waals surface area contributed by atoms with E-state index in [0.29, 0.717) is 6.42 Å². The maximum atomic E-state index is 11.1. The summed E-state index contributed by atoms with van der Waals surface area (Å²) in [4.78, 5) is 32.3. The first kappa shape index (κ1) is 14.2. The van der Waals surface area contributed by atoms with Crippen LogP contribution >= 0.6 is 0 Å². The molecule has 1 atom stereocenters. The van der Waals surface area contributed by atoms with Crippen molar-refractivity contribution in [3.8, 4) is 0 Å². The summed E-state index contributed by atoms with van der Waals surface area (Å²) < 4.78 is 0. The zero-order valence-corrected chi connectivity index (χ0v) is 9.37. The van der Waals surface area contributed by atoms with Crippen LogP contribution in [0.25, 0.3) is 0 Å². The predicted octanol–water partition coefficient (Wildman–Crippen LogP) is -0.858. The van der Waals surface area contributed by atoms with Crippen molar-refractivity contribution in [2.75, 3.05) is 20.1 Å². The Bertz CT molecular complexity index is 267. The Balaban J connectivity index is 3.58. The van der Waals surface area contributed by atoms with E-state index in [2.05, 4.69) is 16.0 Å². The van der Waals surface area contributed by atoms with E-state index in [0.717, 1.165) is 0 Å². The van der Waals surface area contributed by atoms with Crippen molar-refractivity contribution in [1.29, 1.82) is 0 Å². The molecule has 0 bridgehead atoms. The molecular formula is C9H17N3O4. The van der Waals surface area contributed by atoms with Gasteiger partial charge in [-0.15, -0.1) is 0 Å². The van der Waals surface area contributed by atoms with Crippen LogP contribution in [-0.4, -0.2) is 43.2 Å². The number of carboxylic acids is 1. The fraction of sp³-hybridized carbons (Fsp3) is 0.667. The summed E-state index contributed by atoms with van der Waals surface area (Å²) >= 11 is 0. The van der Waals surface area contributed by atoms with Crippen molar-refractivity contribution in [3.05, 3.63) is 0 Å². The highest BCUT2D eigenvalue weighted by Crippen LogP contribution is 1.99. The zero-order valence-electron chi connectivity index (χ0n) is 9.37. The molecule has 0 aliphatic carbocycles. The quantitative estimate of drug-likeness (QED) is 0.477. The summed E-state index contributed by atoms with van der Waals surface area (Å²) in [5.41, 5.74) is 0. The largest absolute Gasteiger partial charge is 0.481 e. The predicted molar refractivity (Wildman–Crippen MR) is 56.9 cm³/mol. The van der Waals surface area contributed by atoms with Crippen LogP contribution in [-0.2, 0) is 9.59 Å². The lowest BCUT2D eigenvalue weighted by atomic mass is 10.1. The van der Waals surface area contributed by atoms with Gasteiger partial charge in [0.2, 0.25) is 5.91 Å². The smallest absolute Gasteiger partial charge is 0.315 e. The second kappa shape index (κ2) is 7.49. The lowest BCUT2D eigenvalue weighted by Crippen LogP contribution is -2.41. The first-order valence-electron chi connectivity index (χ1n) is 4.92. The molecule has 0 aliphatic rings. The van der Waals surface area contributed by atoms with Crippen LogP contribution < -0.4 is 16.0 Å². The van der Waals surface area contributed by atoms with E-state index >= 15 is 0 Å². The van der Waals surface area contributed by atoms with Crippen LogP contribution in [0.3, 0.4) is 0 Å². The van der Waals surface area contributed by atoms with Gasteiger partial charge in [0.1, 0.15) is 0 Å². The molecule has 0 aromatic rings. The van der Waals surface area contributed by atoms with Gasteiger partial charge in [0.05, 0.1) is 12.5 Å². The van der Waals surface area contributed by atoms with Gasteiger partial charge in [0.25, 0.3) is 0 Å². The van der Waals surface area contributed by atoms with E-state index in [1.54, 1.807) is 6.92 Å². The molecule has 0 spiro atoms. The molecule has 7 nitrogen and oxygen atoms in total. The number of carbonyl (C=O) groups excluding carboxylic acids is 2. The van der Waals surface area contributed by atoms with Gasteiger partial charge in [0.15, 0.2) is 0 Å². The maximum Gasteiger partial charge on any atom is 0.315 e. The Hall–Kier alpha value is -1.79. The van der Waals surface area contributed by atoms with E-state index in [4.69, 9.17) is 5.11 Å². The highest BCUT2D eigenvalue weighted by atomic mass is 16.4. The second-order valence-corrected chi connectivity index (χ2v) is 3.31. The minimum Gasteiger partial charge on any atom is -0.481 e. The lowest BCUT2D eigenvalue weighted by Gasteiger charge is -2.08. The van der Waals surface area contributed by atoms with Crippen LogP contribution in [0.15, 0.2) is 0 Å². The number of hydrogen-bond donors (Lipinski definition) is 4. The Morgan fingerprint density at radius 1 is 1.25 bits per heavy atom. The maximum absolute atomic E-state index is 11.1. The van der Waals surface area contributed by atoms with Gasteiger partial charge in [0, 0.05) is 13.6 Å².